The molecule has 3 rings (SSSR count). The lowest BCUT2D eigenvalue weighted by atomic mass is 10.0. The number of benzene rings is 2. The highest BCUT2D eigenvalue weighted by atomic mass is 35.5. The van der Waals surface area contributed by atoms with E-state index in [2.05, 4.69) is 0 Å². The lowest BCUT2D eigenvalue weighted by Gasteiger charge is -2.07. The first-order valence-corrected chi connectivity index (χ1v) is 7.57. The first-order valence-electron chi connectivity index (χ1n) is 5.64. The SMILES string of the molecule is O=C1c2cc(Cl)ccc2S(=O)(=O)[C@H]1c1ccccc1. The molecule has 0 aliphatic carbocycles. The molecular weight excluding hydrogens is 284 g/mol. The molecule has 19 heavy (non-hydrogen) atoms. The summed E-state index contributed by atoms with van der Waals surface area (Å²) in [6.45, 7) is 0. The van der Waals surface area contributed by atoms with Crippen molar-refractivity contribution in [3.8, 4) is 0 Å². The quantitative estimate of drug-likeness (QED) is 0.812. The summed E-state index contributed by atoms with van der Waals surface area (Å²) in [6.07, 6.45) is 0. The van der Waals surface area contributed by atoms with Crippen molar-refractivity contribution in [3.63, 3.8) is 0 Å². The van der Waals surface area contributed by atoms with E-state index in [0.29, 0.717) is 10.6 Å². The molecule has 2 aromatic rings. The van der Waals surface area contributed by atoms with Crippen molar-refractivity contribution in [2.45, 2.75) is 10.1 Å². The Kier molecular flexibility index (Phi) is 2.73. The normalized spacial score (nSPS) is 20.3. The second-order valence-corrected chi connectivity index (χ2v) is 6.78. The minimum atomic E-state index is -3.67. The summed E-state index contributed by atoms with van der Waals surface area (Å²) in [4.78, 5) is 12.4. The molecule has 0 saturated carbocycles. The van der Waals surface area contributed by atoms with Gasteiger partial charge in [-0.05, 0) is 23.8 Å². The summed E-state index contributed by atoms with van der Waals surface area (Å²) in [7, 11) is -3.67. The van der Waals surface area contributed by atoms with Crippen molar-refractivity contribution in [1.29, 1.82) is 0 Å². The van der Waals surface area contributed by atoms with E-state index >= 15 is 0 Å². The third kappa shape index (κ3) is 1.79. The van der Waals surface area contributed by atoms with Gasteiger partial charge in [0.15, 0.2) is 20.9 Å². The molecule has 0 fully saturated rings. The lowest BCUT2D eigenvalue weighted by molar-refractivity contribution is 0.0990. The Bertz CT molecular complexity index is 767. The molecule has 1 aliphatic heterocycles. The molecule has 1 atom stereocenters. The summed E-state index contributed by atoms with van der Waals surface area (Å²) in [5.41, 5.74) is 0.668. The van der Waals surface area contributed by atoms with Gasteiger partial charge in [0.25, 0.3) is 0 Å². The number of sulfone groups is 1. The molecule has 0 bridgehead atoms. The van der Waals surface area contributed by atoms with Gasteiger partial charge in [-0.15, -0.1) is 0 Å². The number of Topliss-reactive ketones (excluding diaryl/α,β-unsaturated/α-hetero) is 1. The van der Waals surface area contributed by atoms with Gasteiger partial charge in [0, 0.05) is 10.6 Å². The minimum absolute atomic E-state index is 0.0655. The molecule has 0 radical (unpaired) electrons. The van der Waals surface area contributed by atoms with Crippen LogP contribution in [0.2, 0.25) is 5.02 Å². The van der Waals surface area contributed by atoms with Gasteiger partial charge < -0.3 is 0 Å². The van der Waals surface area contributed by atoms with Gasteiger partial charge in [0.05, 0.1) is 4.90 Å². The van der Waals surface area contributed by atoms with Crippen LogP contribution in [-0.2, 0) is 9.84 Å². The smallest absolute Gasteiger partial charge is 0.193 e. The van der Waals surface area contributed by atoms with Crippen LogP contribution in [0.3, 0.4) is 0 Å². The maximum Gasteiger partial charge on any atom is 0.193 e. The number of hydrogen-bond acceptors (Lipinski definition) is 3. The average Bonchev–Trinajstić information content (AvgIpc) is 2.58. The summed E-state index contributed by atoms with van der Waals surface area (Å²) in [6, 6.07) is 12.8. The molecule has 5 heteroatoms. The second-order valence-electron chi connectivity index (χ2n) is 4.34. The number of halogens is 1. The van der Waals surface area contributed by atoms with E-state index in [1.807, 2.05) is 0 Å². The maximum absolute atomic E-state index is 12.4. The van der Waals surface area contributed by atoms with Gasteiger partial charge in [0.2, 0.25) is 0 Å². The molecule has 0 aromatic heterocycles. The van der Waals surface area contributed by atoms with E-state index in [4.69, 9.17) is 11.6 Å². The van der Waals surface area contributed by atoms with Crippen LogP contribution < -0.4 is 0 Å². The third-order valence-corrected chi connectivity index (χ3v) is 5.48. The Morgan fingerprint density at radius 2 is 1.68 bits per heavy atom. The topological polar surface area (TPSA) is 51.2 Å². The average molecular weight is 293 g/mol. The van der Waals surface area contributed by atoms with Crippen LogP contribution in [0.4, 0.5) is 0 Å². The van der Waals surface area contributed by atoms with Gasteiger partial charge in [-0.3, -0.25) is 4.79 Å². The summed E-state index contributed by atoms with van der Waals surface area (Å²) in [5, 5.41) is -0.793. The second kappa shape index (κ2) is 4.18. The number of rotatable bonds is 1. The molecule has 0 amide bonds. The van der Waals surface area contributed by atoms with Crippen LogP contribution in [0, 0.1) is 0 Å². The molecule has 0 saturated heterocycles. The van der Waals surface area contributed by atoms with Crippen molar-refractivity contribution in [3.05, 3.63) is 64.7 Å². The van der Waals surface area contributed by atoms with Crippen molar-refractivity contribution >= 4 is 27.2 Å². The van der Waals surface area contributed by atoms with Crippen LogP contribution in [0.25, 0.3) is 0 Å². The van der Waals surface area contributed by atoms with Crippen LogP contribution in [0.5, 0.6) is 0 Å². The highest BCUT2D eigenvalue weighted by Crippen LogP contribution is 2.41. The predicted molar refractivity (Wildman–Crippen MR) is 72.2 cm³/mol. The van der Waals surface area contributed by atoms with Gasteiger partial charge in [0.1, 0.15) is 0 Å². The van der Waals surface area contributed by atoms with E-state index in [0.717, 1.165) is 0 Å². The van der Waals surface area contributed by atoms with Crippen LogP contribution in [0.1, 0.15) is 21.2 Å². The first kappa shape index (κ1) is 12.4. The summed E-state index contributed by atoms with van der Waals surface area (Å²) in [5.74, 6) is -0.413. The Morgan fingerprint density at radius 3 is 2.37 bits per heavy atom. The molecule has 3 nitrogen and oxygen atoms in total. The largest absolute Gasteiger partial charge is 0.292 e. The van der Waals surface area contributed by atoms with E-state index in [-0.39, 0.29) is 10.5 Å². The van der Waals surface area contributed by atoms with Gasteiger partial charge >= 0.3 is 0 Å². The zero-order valence-electron chi connectivity index (χ0n) is 9.71. The molecule has 96 valence electrons. The van der Waals surface area contributed by atoms with Crippen molar-refractivity contribution in [1.82, 2.24) is 0 Å². The Morgan fingerprint density at radius 1 is 1.00 bits per heavy atom. The molecule has 0 N–H and O–H groups in total. The molecule has 1 heterocycles. The van der Waals surface area contributed by atoms with E-state index in [1.165, 1.54) is 18.2 Å². The highest BCUT2D eigenvalue weighted by Gasteiger charge is 2.45. The van der Waals surface area contributed by atoms with E-state index in [1.54, 1.807) is 30.3 Å². The number of ketones is 1. The van der Waals surface area contributed by atoms with Gasteiger partial charge in [-0.2, -0.15) is 0 Å². The zero-order valence-corrected chi connectivity index (χ0v) is 11.3. The Balaban J connectivity index is 2.25. The van der Waals surface area contributed by atoms with Gasteiger partial charge in [-0.1, -0.05) is 41.9 Å². The van der Waals surface area contributed by atoms with Crippen LogP contribution >= 0.6 is 11.6 Å². The minimum Gasteiger partial charge on any atom is -0.292 e. The molecule has 1 aliphatic rings. The fraction of sp³-hybridized carbons (Fsp3) is 0.0714. The van der Waals surface area contributed by atoms with Crippen molar-refractivity contribution < 1.29 is 13.2 Å². The number of fused-ring (bicyclic) bond motifs is 1. The summed E-state index contributed by atoms with van der Waals surface area (Å²) >= 11 is 5.83. The fourth-order valence-electron chi connectivity index (χ4n) is 2.31. The summed E-state index contributed by atoms with van der Waals surface area (Å²) < 4.78 is 24.9. The first-order chi connectivity index (χ1) is 9.01. The fourth-order valence-corrected chi connectivity index (χ4v) is 4.38. The Labute approximate surface area is 115 Å². The highest BCUT2D eigenvalue weighted by molar-refractivity contribution is 7.93. The van der Waals surface area contributed by atoms with Gasteiger partial charge in [-0.25, -0.2) is 8.42 Å². The zero-order chi connectivity index (χ0) is 13.6. The molecular formula is C14H9ClO3S. The lowest BCUT2D eigenvalue weighted by Crippen LogP contribution is -2.13. The van der Waals surface area contributed by atoms with Crippen LogP contribution in [0.15, 0.2) is 53.4 Å². The standard InChI is InChI=1S/C14H9ClO3S/c15-10-6-7-12-11(8-10)13(16)14(19(12,17)18)9-4-2-1-3-5-9/h1-8,14H/t14-/m0/s1. The Hall–Kier alpha value is -1.65. The number of carbonyl (C=O) groups is 1. The van der Waals surface area contributed by atoms with Crippen LogP contribution in [-0.4, -0.2) is 14.2 Å². The molecule has 2 aromatic carbocycles. The van der Waals surface area contributed by atoms with Crippen molar-refractivity contribution in [2.75, 3.05) is 0 Å². The van der Waals surface area contributed by atoms with E-state index in [9.17, 15) is 13.2 Å². The molecule has 0 unspecified atom stereocenters. The predicted octanol–water partition coefficient (Wildman–Crippen LogP) is 3.05. The monoisotopic (exact) mass is 292 g/mol. The van der Waals surface area contributed by atoms with E-state index < -0.39 is 20.9 Å². The third-order valence-electron chi connectivity index (χ3n) is 3.16. The van der Waals surface area contributed by atoms with Crippen molar-refractivity contribution in [2.24, 2.45) is 0 Å². The maximum atomic E-state index is 12.4. The number of carbonyl (C=O) groups excluding carboxylic acids is 1. The number of hydrogen-bond donors (Lipinski definition) is 0. The molecule has 0 spiro atoms.